The van der Waals surface area contributed by atoms with Gasteiger partial charge in [0.05, 0.1) is 11.0 Å². The van der Waals surface area contributed by atoms with E-state index in [4.69, 9.17) is 0 Å². The van der Waals surface area contributed by atoms with Crippen molar-refractivity contribution in [1.82, 2.24) is 10.6 Å². The minimum Gasteiger partial charge on any atom is -0.353 e. The molecule has 0 spiro atoms. The Bertz CT molecular complexity index is 642. The molecule has 1 saturated heterocycles. The summed E-state index contributed by atoms with van der Waals surface area (Å²) < 4.78 is 23.6. The summed E-state index contributed by atoms with van der Waals surface area (Å²) in [4.78, 5) is 12.4. The molecule has 1 aromatic rings. The van der Waals surface area contributed by atoms with Crippen molar-refractivity contribution in [2.24, 2.45) is 0 Å². The second-order valence-electron chi connectivity index (χ2n) is 5.71. The lowest BCUT2D eigenvalue weighted by Gasteiger charge is -2.26. The molecule has 1 fully saturated rings. The van der Waals surface area contributed by atoms with Crippen LogP contribution in [0.1, 0.15) is 30.0 Å². The Morgan fingerprint density at radius 2 is 2.14 bits per heavy atom. The summed E-state index contributed by atoms with van der Waals surface area (Å²) in [7, 11) is -3.01. The van der Waals surface area contributed by atoms with Crippen LogP contribution in [0.4, 0.5) is 0 Å². The Hall–Kier alpha value is -1.40. The molecule has 2 aliphatic heterocycles. The van der Waals surface area contributed by atoms with Crippen molar-refractivity contribution in [3.8, 4) is 0 Å². The summed E-state index contributed by atoms with van der Waals surface area (Å²) in [6, 6.07) is 7.52. The van der Waals surface area contributed by atoms with Crippen LogP contribution in [0.5, 0.6) is 0 Å². The molecule has 21 heavy (non-hydrogen) atoms. The largest absolute Gasteiger partial charge is 0.353 e. The van der Waals surface area contributed by atoms with E-state index in [0.717, 1.165) is 18.5 Å². The highest BCUT2D eigenvalue weighted by Gasteiger charge is 2.32. The maximum atomic E-state index is 12.4. The molecule has 6 heteroatoms. The van der Waals surface area contributed by atoms with E-state index in [0.29, 0.717) is 12.8 Å². The second kappa shape index (κ2) is 5.77. The van der Waals surface area contributed by atoms with Crippen molar-refractivity contribution >= 4 is 15.7 Å². The summed E-state index contributed by atoms with van der Waals surface area (Å²) >= 11 is 0. The lowest BCUT2D eigenvalue weighted by Crippen LogP contribution is -2.44. The molecule has 2 N–H and O–H groups in total. The van der Waals surface area contributed by atoms with Crippen LogP contribution < -0.4 is 10.6 Å². The maximum Gasteiger partial charge on any atom is 0.241 e. The molecule has 0 aromatic heterocycles. The number of fused-ring (bicyclic) bond motifs is 1. The van der Waals surface area contributed by atoms with Crippen LogP contribution in [0.2, 0.25) is 0 Å². The number of sulfone groups is 1. The fourth-order valence-electron chi connectivity index (χ4n) is 3.14. The Labute approximate surface area is 125 Å². The van der Waals surface area contributed by atoms with Crippen molar-refractivity contribution in [1.29, 1.82) is 0 Å². The molecule has 5 nitrogen and oxygen atoms in total. The van der Waals surface area contributed by atoms with Gasteiger partial charge in [0.1, 0.15) is 6.04 Å². The van der Waals surface area contributed by atoms with Gasteiger partial charge in [-0.05, 0) is 30.4 Å². The van der Waals surface area contributed by atoms with E-state index in [9.17, 15) is 13.2 Å². The molecule has 2 aliphatic rings. The monoisotopic (exact) mass is 308 g/mol. The first-order chi connectivity index (χ1) is 10.1. The normalized spacial score (nSPS) is 27.0. The molecule has 2 atom stereocenters. The molecular weight excluding hydrogens is 288 g/mol. The molecule has 2 unspecified atom stereocenters. The van der Waals surface area contributed by atoms with Crippen molar-refractivity contribution in [3.63, 3.8) is 0 Å². The van der Waals surface area contributed by atoms with Gasteiger partial charge in [-0.2, -0.15) is 0 Å². The van der Waals surface area contributed by atoms with Gasteiger partial charge < -0.3 is 10.6 Å². The van der Waals surface area contributed by atoms with Gasteiger partial charge >= 0.3 is 0 Å². The summed E-state index contributed by atoms with van der Waals surface area (Å²) in [5, 5.41) is 5.60. The fraction of sp³-hybridized carbons (Fsp3) is 0.533. The van der Waals surface area contributed by atoms with E-state index in [1.807, 2.05) is 24.3 Å². The number of benzene rings is 1. The van der Waals surface area contributed by atoms with Crippen molar-refractivity contribution < 1.29 is 13.2 Å². The number of hydrogen-bond acceptors (Lipinski definition) is 4. The average molecular weight is 308 g/mol. The zero-order chi connectivity index (χ0) is 14.9. The first-order valence-corrected chi connectivity index (χ1v) is 9.10. The fourth-order valence-corrected chi connectivity index (χ4v) is 4.91. The van der Waals surface area contributed by atoms with Crippen molar-refractivity contribution in [2.75, 3.05) is 18.8 Å². The average Bonchev–Trinajstić information content (AvgIpc) is 2.83. The number of hydrogen-bond donors (Lipinski definition) is 2. The number of carbonyl (C=O) groups excluding carboxylic acids is 1. The lowest BCUT2D eigenvalue weighted by atomic mass is 9.94. The number of nitrogens with one attached hydrogen (secondary N) is 2. The molecule has 0 bridgehead atoms. The third-order valence-electron chi connectivity index (χ3n) is 4.34. The SMILES string of the molecule is O=C(NCC1CCCS1(=O)=O)C1NCCc2ccccc21. The minimum atomic E-state index is -3.01. The number of rotatable bonds is 3. The molecule has 0 radical (unpaired) electrons. The third-order valence-corrected chi connectivity index (χ3v) is 6.61. The van der Waals surface area contributed by atoms with Gasteiger partial charge in [-0.25, -0.2) is 8.42 Å². The zero-order valence-electron chi connectivity index (χ0n) is 11.8. The minimum absolute atomic E-state index is 0.135. The topological polar surface area (TPSA) is 75.3 Å². The van der Waals surface area contributed by atoms with Gasteiger partial charge in [0.25, 0.3) is 0 Å². The maximum absolute atomic E-state index is 12.4. The molecule has 3 rings (SSSR count). The third kappa shape index (κ3) is 2.96. The summed E-state index contributed by atoms with van der Waals surface area (Å²) in [6.07, 6.45) is 2.27. The van der Waals surface area contributed by atoms with Crippen LogP contribution in [0, 0.1) is 0 Å². The van der Waals surface area contributed by atoms with Gasteiger partial charge in [-0.1, -0.05) is 24.3 Å². The zero-order valence-corrected chi connectivity index (χ0v) is 12.7. The van der Waals surface area contributed by atoms with E-state index in [2.05, 4.69) is 10.6 Å². The summed E-state index contributed by atoms with van der Waals surface area (Å²) in [5.41, 5.74) is 2.18. The van der Waals surface area contributed by atoms with Crippen LogP contribution in [-0.2, 0) is 21.1 Å². The summed E-state index contributed by atoms with van der Waals surface area (Å²) in [5.74, 6) is 0.113. The van der Waals surface area contributed by atoms with Crippen LogP contribution in [-0.4, -0.2) is 38.4 Å². The Balaban J connectivity index is 1.67. The van der Waals surface area contributed by atoms with E-state index in [1.54, 1.807) is 0 Å². The number of carbonyl (C=O) groups is 1. The molecule has 2 heterocycles. The Morgan fingerprint density at radius 3 is 2.90 bits per heavy atom. The Morgan fingerprint density at radius 1 is 1.33 bits per heavy atom. The molecule has 1 amide bonds. The molecule has 0 aliphatic carbocycles. The van der Waals surface area contributed by atoms with E-state index < -0.39 is 15.1 Å². The van der Waals surface area contributed by atoms with Gasteiger partial charge in [-0.15, -0.1) is 0 Å². The molecule has 114 valence electrons. The van der Waals surface area contributed by atoms with Gasteiger partial charge in [0.2, 0.25) is 5.91 Å². The molecule has 1 aromatic carbocycles. The first kappa shape index (κ1) is 14.5. The van der Waals surface area contributed by atoms with Gasteiger partial charge in [0, 0.05) is 13.1 Å². The van der Waals surface area contributed by atoms with Gasteiger partial charge in [-0.3, -0.25) is 4.79 Å². The van der Waals surface area contributed by atoms with Crippen molar-refractivity contribution in [2.45, 2.75) is 30.6 Å². The highest BCUT2D eigenvalue weighted by atomic mass is 32.2. The van der Waals surface area contributed by atoms with E-state index in [-0.39, 0.29) is 24.2 Å². The molecular formula is C15H20N2O3S. The van der Waals surface area contributed by atoms with Crippen LogP contribution in [0.3, 0.4) is 0 Å². The predicted octanol–water partition coefficient (Wildman–Crippen LogP) is 0.567. The Kier molecular flexibility index (Phi) is 3.99. The first-order valence-electron chi connectivity index (χ1n) is 7.38. The predicted molar refractivity (Wildman–Crippen MR) is 80.7 cm³/mol. The van der Waals surface area contributed by atoms with E-state index in [1.165, 1.54) is 5.56 Å². The van der Waals surface area contributed by atoms with Crippen LogP contribution >= 0.6 is 0 Å². The van der Waals surface area contributed by atoms with E-state index >= 15 is 0 Å². The smallest absolute Gasteiger partial charge is 0.241 e. The van der Waals surface area contributed by atoms with Gasteiger partial charge in [0.15, 0.2) is 9.84 Å². The van der Waals surface area contributed by atoms with Crippen LogP contribution in [0.25, 0.3) is 0 Å². The number of amides is 1. The highest BCUT2D eigenvalue weighted by Crippen LogP contribution is 2.23. The highest BCUT2D eigenvalue weighted by molar-refractivity contribution is 7.92. The second-order valence-corrected chi connectivity index (χ2v) is 8.11. The van der Waals surface area contributed by atoms with Crippen molar-refractivity contribution in [3.05, 3.63) is 35.4 Å². The van der Waals surface area contributed by atoms with Crippen LogP contribution in [0.15, 0.2) is 24.3 Å². The molecule has 0 saturated carbocycles. The lowest BCUT2D eigenvalue weighted by molar-refractivity contribution is -0.123. The quantitative estimate of drug-likeness (QED) is 0.856. The summed E-state index contributed by atoms with van der Waals surface area (Å²) in [6.45, 7) is 0.984. The standard InChI is InChI=1S/C15H20N2O3S/c18-15(17-10-12-5-3-9-21(12,19)20)14-13-6-2-1-4-11(13)7-8-16-14/h1-2,4,6,12,14,16H,3,5,7-10H2,(H,17,18).